The van der Waals surface area contributed by atoms with E-state index in [9.17, 15) is 4.79 Å². The molecule has 8 heteroatoms. The molecule has 2 aromatic rings. The maximum atomic E-state index is 12.1. The van der Waals surface area contributed by atoms with E-state index < -0.39 is 0 Å². The average Bonchev–Trinajstić information content (AvgIpc) is 2.96. The van der Waals surface area contributed by atoms with Crippen molar-refractivity contribution in [2.24, 2.45) is 0 Å². The van der Waals surface area contributed by atoms with Gasteiger partial charge < -0.3 is 20.3 Å². The van der Waals surface area contributed by atoms with Crippen LogP contribution in [0.25, 0.3) is 5.57 Å². The van der Waals surface area contributed by atoms with E-state index in [1.54, 1.807) is 18.6 Å². The number of hydrogen-bond donors (Lipinski definition) is 2. The SMILES string of the molecule is O=C1Nc2ncc(Br)cc2/C1=C/Nc1ccc(N2CCOCC2)nc1. The largest absolute Gasteiger partial charge is 0.378 e. The zero-order chi connectivity index (χ0) is 17.2. The molecule has 25 heavy (non-hydrogen) atoms. The molecular formula is C17H16BrN5O2. The van der Waals surface area contributed by atoms with Crippen molar-refractivity contribution in [3.05, 3.63) is 46.8 Å². The number of nitrogens with one attached hydrogen (secondary N) is 2. The molecule has 2 aliphatic rings. The lowest BCUT2D eigenvalue weighted by Gasteiger charge is -2.27. The minimum atomic E-state index is -0.175. The maximum Gasteiger partial charge on any atom is 0.259 e. The summed E-state index contributed by atoms with van der Waals surface area (Å²) in [4.78, 5) is 23.0. The quantitative estimate of drug-likeness (QED) is 0.769. The van der Waals surface area contributed by atoms with Crippen LogP contribution in [-0.2, 0) is 9.53 Å². The van der Waals surface area contributed by atoms with Gasteiger partial charge in [0.2, 0.25) is 0 Å². The zero-order valence-corrected chi connectivity index (χ0v) is 14.9. The molecule has 7 nitrogen and oxygen atoms in total. The molecule has 4 rings (SSSR count). The summed E-state index contributed by atoms with van der Waals surface area (Å²) in [6, 6.07) is 5.78. The van der Waals surface area contributed by atoms with Gasteiger partial charge in [-0.05, 0) is 34.1 Å². The second-order valence-electron chi connectivity index (χ2n) is 5.71. The Morgan fingerprint density at radius 3 is 2.84 bits per heavy atom. The lowest BCUT2D eigenvalue weighted by molar-refractivity contribution is -0.110. The van der Waals surface area contributed by atoms with Crippen LogP contribution >= 0.6 is 15.9 Å². The van der Waals surface area contributed by atoms with Gasteiger partial charge >= 0.3 is 0 Å². The van der Waals surface area contributed by atoms with Crippen LogP contribution in [0.2, 0.25) is 0 Å². The third-order valence-electron chi connectivity index (χ3n) is 4.09. The minimum Gasteiger partial charge on any atom is -0.378 e. The van der Waals surface area contributed by atoms with Crippen LogP contribution in [0.1, 0.15) is 5.56 Å². The first-order chi connectivity index (χ1) is 12.2. The standard InChI is InChI=1S/C17H16BrN5O2/c18-11-7-13-14(17(24)22-16(13)21-8-11)10-19-12-1-2-15(20-9-12)23-3-5-25-6-4-23/h1-2,7-10,19H,3-6H2,(H,21,22,24)/b14-10-. The molecule has 0 radical (unpaired) electrons. The Morgan fingerprint density at radius 1 is 1.24 bits per heavy atom. The molecule has 2 aromatic heterocycles. The fourth-order valence-corrected chi connectivity index (χ4v) is 3.12. The van der Waals surface area contributed by atoms with Crippen LogP contribution in [0.3, 0.4) is 0 Å². The molecule has 0 unspecified atom stereocenters. The molecule has 0 atom stereocenters. The van der Waals surface area contributed by atoms with E-state index in [1.165, 1.54) is 0 Å². The normalized spacial score (nSPS) is 18.2. The summed E-state index contributed by atoms with van der Waals surface area (Å²) >= 11 is 3.38. The number of aromatic nitrogens is 2. The molecule has 1 saturated heterocycles. The third kappa shape index (κ3) is 3.35. The van der Waals surface area contributed by atoms with Gasteiger partial charge in [-0.3, -0.25) is 4.79 Å². The molecule has 0 aliphatic carbocycles. The Morgan fingerprint density at radius 2 is 2.08 bits per heavy atom. The lowest BCUT2D eigenvalue weighted by Crippen LogP contribution is -2.36. The van der Waals surface area contributed by atoms with Crippen molar-refractivity contribution in [2.45, 2.75) is 0 Å². The number of nitrogens with zero attached hydrogens (tertiary/aromatic N) is 3. The lowest BCUT2D eigenvalue weighted by atomic mass is 10.1. The monoisotopic (exact) mass is 401 g/mol. The van der Waals surface area contributed by atoms with E-state index in [-0.39, 0.29) is 5.91 Å². The number of amides is 1. The predicted molar refractivity (Wildman–Crippen MR) is 99.4 cm³/mol. The van der Waals surface area contributed by atoms with E-state index in [2.05, 4.69) is 41.4 Å². The molecular weight excluding hydrogens is 386 g/mol. The Hall–Kier alpha value is -2.45. The highest BCUT2D eigenvalue weighted by Crippen LogP contribution is 2.31. The Balaban J connectivity index is 1.50. The van der Waals surface area contributed by atoms with Gasteiger partial charge in [0.25, 0.3) is 5.91 Å². The number of ether oxygens (including phenoxy) is 1. The van der Waals surface area contributed by atoms with Gasteiger partial charge in [-0.2, -0.15) is 0 Å². The first kappa shape index (κ1) is 16.0. The summed E-state index contributed by atoms with van der Waals surface area (Å²) in [7, 11) is 0. The van der Waals surface area contributed by atoms with Gasteiger partial charge in [0.15, 0.2) is 0 Å². The summed E-state index contributed by atoms with van der Waals surface area (Å²) in [5.41, 5.74) is 2.12. The summed E-state index contributed by atoms with van der Waals surface area (Å²) < 4.78 is 6.18. The van der Waals surface area contributed by atoms with Gasteiger partial charge in [0, 0.05) is 35.5 Å². The first-order valence-corrected chi connectivity index (χ1v) is 8.73. The molecule has 0 spiro atoms. The Kier molecular flexibility index (Phi) is 4.37. The van der Waals surface area contributed by atoms with Crippen molar-refractivity contribution in [1.29, 1.82) is 0 Å². The number of pyridine rings is 2. The van der Waals surface area contributed by atoms with Crippen molar-refractivity contribution in [3.63, 3.8) is 0 Å². The van der Waals surface area contributed by atoms with Crippen LogP contribution < -0.4 is 15.5 Å². The zero-order valence-electron chi connectivity index (χ0n) is 13.3. The van der Waals surface area contributed by atoms with Gasteiger partial charge in [-0.25, -0.2) is 9.97 Å². The Bertz CT molecular complexity index is 831. The van der Waals surface area contributed by atoms with Gasteiger partial charge in [-0.15, -0.1) is 0 Å². The highest BCUT2D eigenvalue weighted by atomic mass is 79.9. The number of halogens is 1. The molecule has 1 amide bonds. The average molecular weight is 402 g/mol. The number of carbonyl (C=O) groups excluding carboxylic acids is 1. The number of fused-ring (bicyclic) bond motifs is 1. The number of rotatable bonds is 3. The van der Waals surface area contributed by atoms with Gasteiger partial charge in [-0.1, -0.05) is 0 Å². The van der Waals surface area contributed by atoms with Crippen molar-refractivity contribution in [1.82, 2.24) is 9.97 Å². The molecule has 0 aromatic carbocycles. The highest BCUT2D eigenvalue weighted by Gasteiger charge is 2.25. The van der Waals surface area contributed by atoms with Crippen LogP contribution in [0.5, 0.6) is 0 Å². The molecule has 0 saturated carbocycles. The number of anilines is 3. The molecule has 4 heterocycles. The number of morpholine rings is 1. The summed E-state index contributed by atoms with van der Waals surface area (Å²) in [5.74, 6) is 1.33. The smallest absolute Gasteiger partial charge is 0.259 e. The van der Waals surface area contributed by atoms with Crippen LogP contribution in [-0.4, -0.2) is 42.2 Å². The minimum absolute atomic E-state index is 0.175. The van der Waals surface area contributed by atoms with Gasteiger partial charge in [0.1, 0.15) is 11.6 Å². The summed E-state index contributed by atoms with van der Waals surface area (Å²) in [6.07, 6.45) is 5.10. The van der Waals surface area contributed by atoms with Crippen LogP contribution in [0.4, 0.5) is 17.3 Å². The van der Waals surface area contributed by atoms with Crippen molar-refractivity contribution in [3.8, 4) is 0 Å². The highest BCUT2D eigenvalue weighted by molar-refractivity contribution is 9.10. The second kappa shape index (κ2) is 6.81. The van der Waals surface area contributed by atoms with Crippen LogP contribution in [0.15, 0.2) is 41.3 Å². The van der Waals surface area contributed by atoms with E-state index in [1.807, 2.05) is 18.2 Å². The van der Waals surface area contributed by atoms with Crippen molar-refractivity contribution in [2.75, 3.05) is 41.8 Å². The van der Waals surface area contributed by atoms with Crippen LogP contribution in [0, 0.1) is 0 Å². The first-order valence-electron chi connectivity index (χ1n) is 7.93. The van der Waals surface area contributed by atoms with Crippen molar-refractivity contribution >= 4 is 44.7 Å². The molecule has 1 fully saturated rings. The topological polar surface area (TPSA) is 79.4 Å². The number of carbonyl (C=O) groups is 1. The van der Waals surface area contributed by atoms with Crippen molar-refractivity contribution < 1.29 is 9.53 Å². The molecule has 2 N–H and O–H groups in total. The number of hydrogen-bond acceptors (Lipinski definition) is 6. The molecule has 0 bridgehead atoms. The molecule has 2 aliphatic heterocycles. The second-order valence-corrected chi connectivity index (χ2v) is 6.63. The fraction of sp³-hybridized carbons (Fsp3) is 0.235. The Labute approximate surface area is 153 Å². The molecule has 128 valence electrons. The maximum absolute atomic E-state index is 12.1. The third-order valence-corrected chi connectivity index (χ3v) is 4.52. The fourth-order valence-electron chi connectivity index (χ4n) is 2.79. The van der Waals surface area contributed by atoms with E-state index >= 15 is 0 Å². The van der Waals surface area contributed by atoms with Gasteiger partial charge in [0.05, 0.1) is 30.7 Å². The summed E-state index contributed by atoms with van der Waals surface area (Å²) in [6.45, 7) is 3.16. The van der Waals surface area contributed by atoms with E-state index in [0.717, 1.165) is 47.8 Å². The summed E-state index contributed by atoms with van der Waals surface area (Å²) in [5, 5.41) is 5.89. The van der Waals surface area contributed by atoms with E-state index in [0.29, 0.717) is 11.4 Å². The van der Waals surface area contributed by atoms with E-state index in [4.69, 9.17) is 4.74 Å². The predicted octanol–water partition coefficient (Wildman–Crippen LogP) is 2.48.